The number of rotatable bonds is 2. The Hall–Kier alpha value is -1.02. The van der Waals surface area contributed by atoms with Gasteiger partial charge in [-0.2, -0.15) is 0 Å². The highest BCUT2D eigenvalue weighted by molar-refractivity contribution is 5.43. The summed E-state index contributed by atoms with van der Waals surface area (Å²) >= 11 is 0. The van der Waals surface area contributed by atoms with Crippen LogP contribution in [0.2, 0.25) is 0 Å². The van der Waals surface area contributed by atoms with Gasteiger partial charge in [0.25, 0.3) is 0 Å². The molecule has 2 nitrogen and oxygen atoms in total. The van der Waals surface area contributed by atoms with Crippen LogP contribution < -0.4 is 5.32 Å². The molecule has 1 saturated heterocycles. The van der Waals surface area contributed by atoms with E-state index in [1.807, 2.05) is 0 Å². The molecule has 1 aromatic carbocycles. The molecule has 0 atom stereocenters. The maximum absolute atomic E-state index is 3.63. The minimum absolute atomic E-state index is 0.317. The Morgan fingerprint density at radius 2 is 1.65 bits per heavy atom. The van der Waals surface area contributed by atoms with E-state index in [1.165, 1.54) is 31.6 Å². The second kappa shape index (κ2) is 5.09. The van der Waals surface area contributed by atoms with E-state index in [2.05, 4.69) is 61.3 Å². The van der Waals surface area contributed by atoms with Crippen molar-refractivity contribution in [2.24, 2.45) is 0 Å². The largest absolute Gasteiger partial charge is 0.382 e. The average Bonchev–Trinajstić information content (AvgIpc) is 2.30. The number of para-hydroxylation sites is 1. The number of nitrogens with zero attached hydrogens (tertiary/aromatic N) is 1. The standard InChI is InChI=1S/C15H24N2/c1-15(2,3)17-11-9-14(10-12-17)16-13-7-5-4-6-8-13/h4-8,14,16H,9-12H2,1-3H3. The van der Waals surface area contributed by atoms with Crippen LogP contribution in [0.15, 0.2) is 30.3 Å². The maximum atomic E-state index is 3.63. The number of piperidine rings is 1. The van der Waals surface area contributed by atoms with Crippen molar-refractivity contribution in [2.45, 2.75) is 45.2 Å². The van der Waals surface area contributed by atoms with Gasteiger partial charge in [-0.05, 0) is 45.7 Å². The Morgan fingerprint density at radius 3 is 2.18 bits per heavy atom. The first-order valence-electron chi connectivity index (χ1n) is 6.62. The van der Waals surface area contributed by atoms with Crippen molar-refractivity contribution >= 4 is 5.69 Å². The zero-order valence-corrected chi connectivity index (χ0v) is 11.2. The fourth-order valence-electron chi connectivity index (χ4n) is 2.46. The molecule has 0 unspecified atom stereocenters. The van der Waals surface area contributed by atoms with Crippen LogP contribution in [-0.2, 0) is 0 Å². The molecule has 1 N–H and O–H groups in total. The third-order valence-corrected chi connectivity index (χ3v) is 3.59. The van der Waals surface area contributed by atoms with E-state index in [0.717, 1.165) is 0 Å². The molecule has 0 spiro atoms. The summed E-state index contributed by atoms with van der Waals surface area (Å²) < 4.78 is 0. The molecule has 1 aliphatic rings. The van der Waals surface area contributed by atoms with Crippen molar-refractivity contribution in [3.8, 4) is 0 Å². The zero-order valence-electron chi connectivity index (χ0n) is 11.2. The summed E-state index contributed by atoms with van der Waals surface area (Å²) in [4.78, 5) is 2.58. The van der Waals surface area contributed by atoms with Gasteiger partial charge in [0.2, 0.25) is 0 Å². The number of likely N-dealkylation sites (tertiary alicyclic amines) is 1. The smallest absolute Gasteiger partial charge is 0.0342 e. The highest BCUT2D eigenvalue weighted by Crippen LogP contribution is 2.22. The van der Waals surface area contributed by atoms with Crippen molar-refractivity contribution in [1.82, 2.24) is 4.90 Å². The molecular formula is C15H24N2. The van der Waals surface area contributed by atoms with Crippen molar-refractivity contribution in [1.29, 1.82) is 0 Å². The van der Waals surface area contributed by atoms with E-state index < -0.39 is 0 Å². The minimum atomic E-state index is 0.317. The van der Waals surface area contributed by atoms with Crippen LogP contribution in [0.1, 0.15) is 33.6 Å². The monoisotopic (exact) mass is 232 g/mol. The van der Waals surface area contributed by atoms with E-state index in [9.17, 15) is 0 Å². The van der Waals surface area contributed by atoms with E-state index >= 15 is 0 Å². The van der Waals surface area contributed by atoms with Crippen LogP contribution in [0, 0.1) is 0 Å². The summed E-state index contributed by atoms with van der Waals surface area (Å²) in [6.45, 7) is 9.32. The first kappa shape index (κ1) is 12.4. The summed E-state index contributed by atoms with van der Waals surface area (Å²) in [7, 11) is 0. The highest BCUT2D eigenvalue weighted by atomic mass is 15.2. The minimum Gasteiger partial charge on any atom is -0.382 e. The Morgan fingerprint density at radius 1 is 1.06 bits per heavy atom. The maximum Gasteiger partial charge on any atom is 0.0342 e. The number of anilines is 1. The zero-order chi connectivity index (χ0) is 12.3. The quantitative estimate of drug-likeness (QED) is 0.841. The van der Waals surface area contributed by atoms with Crippen molar-refractivity contribution in [3.63, 3.8) is 0 Å². The molecule has 0 saturated carbocycles. The first-order valence-corrected chi connectivity index (χ1v) is 6.62. The van der Waals surface area contributed by atoms with Gasteiger partial charge in [-0.3, -0.25) is 4.90 Å². The summed E-state index contributed by atoms with van der Waals surface area (Å²) in [5, 5.41) is 3.63. The van der Waals surface area contributed by atoms with E-state index in [1.54, 1.807) is 0 Å². The third kappa shape index (κ3) is 3.47. The Labute approximate surface area is 105 Å². The molecule has 0 bridgehead atoms. The molecule has 1 aliphatic heterocycles. The second-order valence-corrected chi connectivity index (χ2v) is 5.94. The van der Waals surface area contributed by atoms with Gasteiger partial charge in [-0.1, -0.05) is 18.2 Å². The molecule has 2 heteroatoms. The van der Waals surface area contributed by atoms with Crippen LogP contribution in [0.5, 0.6) is 0 Å². The van der Waals surface area contributed by atoms with Crippen molar-refractivity contribution in [3.05, 3.63) is 30.3 Å². The van der Waals surface area contributed by atoms with Gasteiger partial charge in [-0.15, -0.1) is 0 Å². The molecule has 1 fully saturated rings. The van der Waals surface area contributed by atoms with Gasteiger partial charge in [0.1, 0.15) is 0 Å². The van der Waals surface area contributed by atoms with Crippen LogP contribution in [0.25, 0.3) is 0 Å². The van der Waals surface area contributed by atoms with Crippen molar-refractivity contribution < 1.29 is 0 Å². The first-order chi connectivity index (χ1) is 8.05. The van der Waals surface area contributed by atoms with E-state index in [-0.39, 0.29) is 0 Å². The predicted molar refractivity (Wildman–Crippen MR) is 74.4 cm³/mol. The molecule has 94 valence electrons. The lowest BCUT2D eigenvalue weighted by Crippen LogP contribution is -2.48. The molecule has 0 radical (unpaired) electrons. The van der Waals surface area contributed by atoms with Crippen LogP contribution >= 0.6 is 0 Å². The Kier molecular flexibility index (Phi) is 3.72. The molecule has 17 heavy (non-hydrogen) atoms. The SMILES string of the molecule is CC(C)(C)N1CCC(Nc2ccccc2)CC1. The lowest BCUT2D eigenvalue weighted by Gasteiger charge is -2.41. The predicted octanol–water partition coefficient (Wildman–Crippen LogP) is 3.36. The molecule has 2 rings (SSSR count). The summed E-state index contributed by atoms with van der Waals surface area (Å²) in [5.74, 6) is 0. The topological polar surface area (TPSA) is 15.3 Å². The fraction of sp³-hybridized carbons (Fsp3) is 0.600. The molecule has 0 aromatic heterocycles. The molecule has 1 heterocycles. The van der Waals surface area contributed by atoms with Crippen LogP contribution in [0.3, 0.4) is 0 Å². The number of nitrogens with one attached hydrogen (secondary N) is 1. The normalized spacial score (nSPS) is 19.2. The fourth-order valence-corrected chi connectivity index (χ4v) is 2.46. The van der Waals surface area contributed by atoms with Gasteiger partial charge in [0.15, 0.2) is 0 Å². The van der Waals surface area contributed by atoms with Crippen LogP contribution in [-0.4, -0.2) is 29.6 Å². The number of hydrogen-bond acceptors (Lipinski definition) is 2. The van der Waals surface area contributed by atoms with E-state index in [0.29, 0.717) is 11.6 Å². The number of hydrogen-bond donors (Lipinski definition) is 1. The van der Waals surface area contributed by atoms with Gasteiger partial charge >= 0.3 is 0 Å². The Balaban J connectivity index is 1.84. The molecule has 0 aliphatic carbocycles. The van der Waals surface area contributed by atoms with Gasteiger partial charge < -0.3 is 5.32 Å². The highest BCUT2D eigenvalue weighted by Gasteiger charge is 2.26. The lowest BCUT2D eigenvalue weighted by atomic mass is 9.98. The van der Waals surface area contributed by atoms with Gasteiger partial charge in [0.05, 0.1) is 0 Å². The summed E-state index contributed by atoms with van der Waals surface area (Å²) in [5.41, 5.74) is 1.57. The number of benzene rings is 1. The van der Waals surface area contributed by atoms with E-state index in [4.69, 9.17) is 0 Å². The molecule has 0 amide bonds. The molecular weight excluding hydrogens is 208 g/mol. The Bertz CT molecular complexity index is 332. The van der Waals surface area contributed by atoms with Gasteiger partial charge in [0, 0.05) is 30.4 Å². The summed E-state index contributed by atoms with van der Waals surface area (Å²) in [6.07, 6.45) is 2.48. The molecule has 1 aromatic rings. The lowest BCUT2D eigenvalue weighted by molar-refractivity contribution is 0.106. The average molecular weight is 232 g/mol. The second-order valence-electron chi connectivity index (χ2n) is 5.94. The summed E-state index contributed by atoms with van der Waals surface area (Å²) in [6, 6.07) is 11.2. The van der Waals surface area contributed by atoms with Gasteiger partial charge in [-0.25, -0.2) is 0 Å². The van der Waals surface area contributed by atoms with Crippen LogP contribution in [0.4, 0.5) is 5.69 Å². The van der Waals surface area contributed by atoms with Crippen molar-refractivity contribution in [2.75, 3.05) is 18.4 Å². The third-order valence-electron chi connectivity index (χ3n) is 3.59.